The van der Waals surface area contributed by atoms with E-state index in [0.717, 1.165) is 23.1 Å². The summed E-state index contributed by atoms with van der Waals surface area (Å²) in [6.45, 7) is 2.88. The molecular formula is C17H18N2O3. The number of likely N-dealkylation sites (tertiary alicyclic amines) is 1. The second-order valence-corrected chi connectivity index (χ2v) is 6.34. The quantitative estimate of drug-likeness (QED) is 0.935. The highest BCUT2D eigenvalue weighted by Crippen LogP contribution is 2.41. The molecule has 0 aliphatic carbocycles. The van der Waals surface area contributed by atoms with Crippen molar-refractivity contribution >= 4 is 16.9 Å². The van der Waals surface area contributed by atoms with Crippen LogP contribution in [-0.4, -0.2) is 47.3 Å². The van der Waals surface area contributed by atoms with Crippen molar-refractivity contribution in [2.45, 2.75) is 6.54 Å². The Labute approximate surface area is 128 Å². The number of aromatic nitrogens is 1. The Kier molecular flexibility index (Phi) is 3.13. The van der Waals surface area contributed by atoms with Crippen LogP contribution in [0.25, 0.3) is 10.9 Å². The molecule has 3 heterocycles. The maximum Gasteiger partial charge on any atom is 0.313 e. The van der Waals surface area contributed by atoms with E-state index in [4.69, 9.17) is 4.74 Å². The number of aliphatic carboxylic acids is 1. The normalized spacial score (nSPS) is 28.1. The molecule has 2 aromatic rings. The minimum Gasteiger partial charge on any atom is -0.481 e. The average molecular weight is 298 g/mol. The third-order valence-electron chi connectivity index (χ3n) is 4.91. The van der Waals surface area contributed by atoms with E-state index < -0.39 is 11.4 Å². The molecule has 0 bridgehead atoms. The van der Waals surface area contributed by atoms with Crippen molar-refractivity contribution in [3.05, 3.63) is 42.1 Å². The van der Waals surface area contributed by atoms with Gasteiger partial charge < -0.3 is 9.84 Å². The van der Waals surface area contributed by atoms with Gasteiger partial charge in [-0.15, -0.1) is 0 Å². The van der Waals surface area contributed by atoms with E-state index in [1.54, 1.807) is 0 Å². The molecule has 2 aliphatic rings. The Morgan fingerprint density at radius 3 is 3.05 bits per heavy atom. The molecular weight excluding hydrogens is 280 g/mol. The van der Waals surface area contributed by atoms with Gasteiger partial charge in [0.05, 0.1) is 24.4 Å². The zero-order chi connectivity index (χ0) is 15.2. The number of carbonyl (C=O) groups is 1. The number of para-hydroxylation sites is 1. The molecule has 2 saturated heterocycles. The Balaban J connectivity index is 1.55. The van der Waals surface area contributed by atoms with E-state index in [-0.39, 0.29) is 5.92 Å². The van der Waals surface area contributed by atoms with Gasteiger partial charge >= 0.3 is 5.97 Å². The molecule has 4 rings (SSSR count). The number of hydrogen-bond donors (Lipinski definition) is 1. The smallest absolute Gasteiger partial charge is 0.313 e. The van der Waals surface area contributed by atoms with Crippen LogP contribution in [0.4, 0.5) is 0 Å². The maximum absolute atomic E-state index is 11.7. The first-order valence-electron chi connectivity index (χ1n) is 7.55. The lowest BCUT2D eigenvalue weighted by Crippen LogP contribution is -2.38. The lowest BCUT2D eigenvalue weighted by Gasteiger charge is -2.21. The summed E-state index contributed by atoms with van der Waals surface area (Å²) in [5.74, 6) is -0.644. The van der Waals surface area contributed by atoms with Crippen LogP contribution in [0.5, 0.6) is 0 Å². The summed E-state index contributed by atoms with van der Waals surface area (Å²) in [7, 11) is 0. The topological polar surface area (TPSA) is 62.7 Å². The summed E-state index contributed by atoms with van der Waals surface area (Å²) in [5.41, 5.74) is 1.24. The summed E-state index contributed by atoms with van der Waals surface area (Å²) >= 11 is 0. The van der Waals surface area contributed by atoms with Gasteiger partial charge in [-0.1, -0.05) is 24.3 Å². The molecule has 2 aliphatic heterocycles. The van der Waals surface area contributed by atoms with Crippen molar-refractivity contribution in [2.24, 2.45) is 11.3 Å². The number of fused-ring (bicyclic) bond motifs is 2. The van der Waals surface area contributed by atoms with Crippen LogP contribution in [0.3, 0.4) is 0 Å². The molecule has 1 N–H and O–H groups in total. The second-order valence-electron chi connectivity index (χ2n) is 6.34. The van der Waals surface area contributed by atoms with Crippen LogP contribution in [0, 0.1) is 11.3 Å². The van der Waals surface area contributed by atoms with Crippen LogP contribution >= 0.6 is 0 Å². The van der Waals surface area contributed by atoms with Gasteiger partial charge in [-0.05, 0) is 12.1 Å². The summed E-state index contributed by atoms with van der Waals surface area (Å²) in [6.07, 6.45) is 0. The molecule has 1 aromatic carbocycles. The molecule has 0 saturated carbocycles. The Hall–Kier alpha value is -1.98. The molecule has 0 amide bonds. The third-order valence-corrected chi connectivity index (χ3v) is 4.91. The second kappa shape index (κ2) is 5.04. The number of rotatable bonds is 3. The predicted octanol–water partition coefficient (Wildman–Crippen LogP) is 1.77. The Morgan fingerprint density at radius 2 is 2.23 bits per heavy atom. The number of pyridine rings is 1. The Morgan fingerprint density at radius 1 is 1.36 bits per heavy atom. The summed E-state index contributed by atoms with van der Waals surface area (Å²) < 4.78 is 5.41. The van der Waals surface area contributed by atoms with Crippen molar-refractivity contribution in [3.8, 4) is 0 Å². The van der Waals surface area contributed by atoms with Crippen LogP contribution in [0.1, 0.15) is 5.69 Å². The summed E-state index contributed by atoms with van der Waals surface area (Å²) in [5, 5.41) is 10.7. The van der Waals surface area contributed by atoms with Crippen molar-refractivity contribution in [1.82, 2.24) is 9.88 Å². The molecule has 22 heavy (non-hydrogen) atoms. The van der Waals surface area contributed by atoms with Crippen molar-refractivity contribution in [2.75, 3.05) is 26.3 Å². The highest BCUT2D eigenvalue weighted by Gasteiger charge is 2.56. The Bertz CT molecular complexity index is 733. The molecule has 114 valence electrons. The van der Waals surface area contributed by atoms with E-state index >= 15 is 0 Å². The van der Waals surface area contributed by atoms with Crippen molar-refractivity contribution in [1.29, 1.82) is 0 Å². The third kappa shape index (κ3) is 2.09. The van der Waals surface area contributed by atoms with Gasteiger partial charge in [0.15, 0.2) is 0 Å². The minimum absolute atomic E-state index is 0.0884. The van der Waals surface area contributed by atoms with Gasteiger partial charge in [-0.2, -0.15) is 0 Å². The van der Waals surface area contributed by atoms with Gasteiger partial charge in [0, 0.05) is 30.9 Å². The highest BCUT2D eigenvalue weighted by molar-refractivity contribution is 5.78. The van der Waals surface area contributed by atoms with E-state index in [9.17, 15) is 9.90 Å². The van der Waals surface area contributed by atoms with Crippen LogP contribution in [-0.2, 0) is 16.1 Å². The highest BCUT2D eigenvalue weighted by atomic mass is 16.5. The number of hydrogen-bond acceptors (Lipinski definition) is 4. The first-order valence-corrected chi connectivity index (χ1v) is 7.55. The maximum atomic E-state index is 11.7. The molecule has 0 unspecified atom stereocenters. The standard InChI is InChI=1S/C17H18N2O3/c20-16(21)17-10-19(7-13(17)9-22-11-17)8-14-6-5-12-3-1-2-4-15(12)18-14/h1-6,13H,7-11H2,(H,20,21)/t13-,17-/m1/s1. The number of carboxylic acids is 1. The van der Waals surface area contributed by atoms with Gasteiger partial charge in [-0.3, -0.25) is 14.7 Å². The van der Waals surface area contributed by atoms with Gasteiger partial charge in [-0.25, -0.2) is 0 Å². The number of nitrogens with zero attached hydrogens (tertiary/aromatic N) is 2. The lowest BCUT2D eigenvalue weighted by molar-refractivity contribution is -0.149. The fourth-order valence-electron chi connectivity index (χ4n) is 3.69. The minimum atomic E-state index is -0.732. The average Bonchev–Trinajstić information content (AvgIpc) is 3.05. The fraction of sp³-hybridized carbons (Fsp3) is 0.412. The summed E-state index contributed by atoms with van der Waals surface area (Å²) in [4.78, 5) is 18.5. The predicted molar refractivity (Wildman–Crippen MR) is 81.4 cm³/mol. The van der Waals surface area contributed by atoms with Crippen molar-refractivity contribution < 1.29 is 14.6 Å². The molecule has 0 spiro atoms. The van der Waals surface area contributed by atoms with E-state index in [1.165, 1.54) is 0 Å². The fourth-order valence-corrected chi connectivity index (χ4v) is 3.69. The summed E-state index contributed by atoms with van der Waals surface area (Å²) in [6, 6.07) is 12.1. The van der Waals surface area contributed by atoms with Crippen LogP contribution < -0.4 is 0 Å². The van der Waals surface area contributed by atoms with Gasteiger partial charge in [0.25, 0.3) is 0 Å². The molecule has 5 heteroatoms. The van der Waals surface area contributed by atoms with Crippen molar-refractivity contribution in [3.63, 3.8) is 0 Å². The number of carboxylic acid groups (broad SMARTS) is 1. The largest absolute Gasteiger partial charge is 0.481 e. The van der Waals surface area contributed by atoms with E-state index in [2.05, 4.69) is 16.0 Å². The molecule has 2 atom stereocenters. The van der Waals surface area contributed by atoms with Gasteiger partial charge in [0.1, 0.15) is 5.41 Å². The SMILES string of the molecule is O=C(O)[C@]12COC[C@H]1CN(Cc1ccc3ccccc3n1)C2. The molecule has 0 radical (unpaired) electrons. The number of benzene rings is 1. The number of ether oxygens (including phenoxy) is 1. The van der Waals surface area contributed by atoms with Gasteiger partial charge in [0.2, 0.25) is 0 Å². The monoisotopic (exact) mass is 298 g/mol. The van der Waals surface area contributed by atoms with E-state index in [1.807, 2.05) is 30.3 Å². The zero-order valence-electron chi connectivity index (χ0n) is 12.2. The van der Waals surface area contributed by atoms with E-state index in [0.29, 0.717) is 26.3 Å². The lowest BCUT2D eigenvalue weighted by atomic mass is 9.81. The first kappa shape index (κ1) is 13.7. The first-order chi connectivity index (χ1) is 10.7. The molecule has 2 fully saturated rings. The van der Waals surface area contributed by atoms with Crippen LogP contribution in [0.15, 0.2) is 36.4 Å². The van der Waals surface area contributed by atoms with Crippen LogP contribution in [0.2, 0.25) is 0 Å². The molecule has 1 aromatic heterocycles. The molecule has 5 nitrogen and oxygen atoms in total. The zero-order valence-corrected chi connectivity index (χ0v) is 12.2.